The molecule has 0 saturated carbocycles. The van der Waals surface area contributed by atoms with Crippen LogP contribution in [-0.4, -0.2) is 50.2 Å². The Hall–Kier alpha value is -1.18. The summed E-state index contributed by atoms with van der Waals surface area (Å²) in [6, 6.07) is 3.39. The maximum absolute atomic E-state index is 13.3. The van der Waals surface area contributed by atoms with Gasteiger partial charge in [-0.25, -0.2) is 12.8 Å². The highest BCUT2D eigenvalue weighted by atomic mass is 35.5. The van der Waals surface area contributed by atoms with E-state index in [0.29, 0.717) is 25.3 Å². The van der Waals surface area contributed by atoms with E-state index in [1.807, 2.05) is 13.8 Å². The minimum atomic E-state index is -3.73. The van der Waals surface area contributed by atoms with E-state index in [2.05, 4.69) is 0 Å². The van der Waals surface area contributed by atoms with Crippen molar-refractivity contribution in [3.8, 4) is 0 Å². The van der Waals surface area contributed by atoms with Crippen molar-refractivity contribution in [1.29, 1.82) is 0 Å². The van der Waals surface area contributed by atoms with Gasteiger partial charge in [0, 0.05) is 32.6 Å². The number of halogens is 2. The number of sulfonamides is 1. The molecule has 0 N–H and O–H groups in total. The van der Waals surface area contributed by atoms with Crippen molar-refractivity contribution in [2.75, 3.05) is 26.7 Å². The largest absolute Gasteiger partial charge is 0.345 e. The van der Waals surface area contributed by atoms with Crippen molar-refractivity contribution < 1.29 is 17.6 Å². The third-order valence-electron chi connectivity index (χ3n) is 4.35. The Balaban J connectivity index is 2.03. The van der Waals surface area contributed by atoms with Gasteiger partial charge in [0.05, 0.1) is 9.92 Å². The molecule has 1 heterocycles. The number of benzene rings is 1. The molecule has 0 atom stereocenters. The molecule has 1 aliphatic heterocycles. The maximum Gasteiger partial charge on any atom is 0.243 e. The average Bonchev–Trinajstić information content (AvgIpc) is 2.56. The van der Waals surface area contributed by atoms with Gasteiger partial charge in [-0.15, -0.1) is 0 Å². The van der Waals surface area contributed by atoms with E-state index in [4.69, 9.17) is 11.6 Å². The highest BCUT2D eigenvalue weighted by molar-refractivity contribution is 7.89. The van der Waals surface area contributed by atoms with Crippen molar-refractivity contribution in [1.82, 2.24) is 9.21 Å². The lowest BCUT2D eigenvalue weighted by atomic mass is 9.96. The molecular weight excluding hydrogens is 367 g/mol. The first-order chi connectivity index (χ1) is 11.6. The zero-order valence-electron chi connectivity index (χ0n) is 14.7. The molecule has 1 saturated heterocycles. The van der Waals surface area contributed by atoms with Gasteiger partial charge in [-0.05, 0) is 37.0 Å². The van der Waals surface area contributed by atoms with E-state index in [-0.39, 0.29) is 34.8 Å². The molecule has 0 unspecified atom stereocenters. The second kappa shape index (κ2) is 8.01. The van der Waals surface area contributed by atoms with Crippen LogP contribution in [0.3, 0.4) is 0 Å². The zero-order chi connectivity index (χ0) is 18.8. The van der Waals surface area contributed by atoms with Crippen LogP contribution in [0.2, 0.25) is 5.02 Å². The van der Waals surface area contributed by atoms with Gasteiger partial charge in [0.2, 0.25) is 15.9 Å². The summed E-state index contributed by atoms with van der Waals surface area (Å²) in [5.41, 5.74) is 0. The third-order valence-corrected chi connectivity index (χ3v) is 6.53. The second-order valence-corrected chi connectivity index (χ2v) is 9.21. The summed E-state index contributed by atoms with van der Waals surface area (Å²) in [5.74, 6) is -0.363. The number of rotatable bonds is 5. The van der Waals surface area contributed by atoms with Gasteiger partial charge < -0.3 is 4.90 Å². The van der Waals surface area contributed by atoms with Crippen LogP contribution in [0.1, 0.15) is 26.7 Å². The predicted octanol–water partition coefficient (Wildman–Crippen LogP) is 2.99. The first-order valence-corrected chi connectivity index (χ1v) is 10.1. The first-order valence-electron chi connectivity index (χ1n) is 8.33. The fourth-order valence-corrected chi connectivity index (χ4v) is 4.82. The third kappa shape index (κ3) is 4.71. The molecule has 0 bridgehead atoms. The van der Waals surface area contributed by atoms with Crippen LogP contribution < -0.4 is 0 Å². The minimum absolute atomic E-state index is 0.0272. The number of hydrogen-bond donors (Lipinski definition) is 0. The van der Waals surface area contributed by atoms with E-state index in [1.165, 1.54) is 10.4 Å². The highest BCUT2D eigenvalue weighted by Crippen LogP contribution is 2.27. The molecule has 1 fully saturated rings. The zero-order valence-corrected chi connectivity index (χ0v) is 16.3. The summed E-state index contributed by atoms with van der Waals surface area (Å²) in [7, 11) is -1.95. The monoisotopic (exact) mass is 390 g/mol. The lowest BCUT2D eigenvalue weighted by molar-refractivity contribution is -0.135. The quantitative estimate of drug-likeness (QED) is 0.776. The van der Waals surface area contributed by atoms with E-state index >= 15 is 0 Å². The van der Waals surface area contributed by atoms with E-state index < -0.39 is 15.8 Å². The molecule has 2 rings (SSSR count). The molecule has 140 valence electrons. The van der Waals surface area contributed by atoms with Gasteiger partial charge in [-0.2, -0.15) is 4.31 Å². The smallest absolute Gasteiger partial charge is 0.243 e. The first kappa shape index (κ1) is 20.1. The van der Waals surface area contributed by atoms with Crippen LogP contribution in [0, 0.1) is 17.7 Å². The molecule has 0 aromatic heterocycles. The van der Waals surface area contributed by atoms with E-state index in [1.54, 1.807) is 11.9 Å². The van der Waals surface area contributed by atoms with Crippen molar-refractivity contribution in [2.45, 2.75) is 31.6 Å². The predicted molar refractivity (Wildman–Crippen MR) is 95.4 cm³/mol. The molecule has 0 spiro atoms. The topological polar surface area (TPSA) is 57.7 Å². The van der Waals surface area contributed by atoms with Crippen molar-refractivity contribution in [2.24, 2.45) is 11.8 Å². The summed E-state index contributed by atoms with van der Waals surface area (Å²) in [4.78, 5) is 14.1. The normalized spacial score (nSPS) is 17.0. The Morgan fingerprint density at radius 2 is 1.96 bits per heavy atom. The summed E-state index contributed by atoms with van der Waals surface area (Å²) in [6.07, 6.45) is 0.963. The van der Waals surface area contributed by atoms with Crippen molar-refractivity contribution in [3.63, 3.8) is 0 Å². The standard InChI is InChI=1S/C17H24ClFN2O3S/c1-12(2)11-20(3)17(22)13-6-8-21(9-7-13)25(23,24)14-4-5-16(19)15(18)10-14/h4-5,10,12-13H,6-9,11H2,1-3H3. The van der Waals surface area contributed by atoms with Crippen LogP contribution in [0.15, 0.2) is 23.1 Å². The minimum Gasteiger partial charge on any atom is -0.345 e. The van der Waals surface area contributed by atoms with E-state index in [9.17, 15) is 17.6 Å². The molecular formula is C17H24ClFN2O3S. The lowest BCUT2D eigenvalue weighted by Crippen LogP contribution is -2.44. The molecule has 8 heteroatoms. The SMILES string of the molecule is CC(C)CN(C)C(=O)C1CCN(S(=O)(=O)c2ccc(F)c(Cl)c2)CC1. The fraction of sp³-hybridized carbons (Fsp3) is 0.588. The number of nitrogens with zero attached hydrogens (tertiary/aromatic N) is 2. The van der Waals surface area contributed by atoms with Gasteiger partial charge in [0.1, 0.15) is 5.82 Å². The van der Waals surface area contributed by atoms with Crippen LogP contribution in [0.4, 0.5) is 4.39 Å². The number of hydrogen-bond acceptors (Lipinski definition) is 3. The van der Waals surface area contributed by atoms with Crippen LogP contribution in [0.5, 0.6) is 0 Å². The summed E-state index contributed by atoms with van der Waals surface area (Å²) >= 11 is 5.69. The van der Waals surface area contributed by atoms with Gasteiger partial charge in [0.25, 0.3) is 0 Å². The van der Waals surface area contributed by atoms with Gasteiger partial charge in [0.15, 0.2) is 0 Å². The molecule has 1 amide bonds. The lowest BCUT2D eigenvalue weighted by Gasteiger charge is -2.33. The highest BCUT2D eigenvalue weighted by Gasteiger charge is 2.33. The van der Waals surface area contributed by atoms with Crippen molar-refractivity contribution >= 4 is 27.5 Å². The maximum atomic E-state index is 13.3. The van der Waals surface area contributed by atoms with Crippen LogP contribution in [-0.2, 0) is 14.8 Å². The Morgan fingerprint density at radius 1 is 1.36 bits per heavy atom. The number of amides is 1. The Bertz CT molecular complexity index is 731. The Kier molecular flexibility index (Phi) is 6.45. The summed E-state index contributed by atoms with van der Waals surface area (Å²) < 4.78 is 39.9. The Labute approximate surface area is 153 Å². The number of carbonyl (C=O) groups excluding carboxylic acids is 1. The van der Waals surface area contributed by atoms with E-state index in [0.717, 1.165) is 12.1 Å². The molecule has 25 heavy (non-hydrogen) atoms. The van der Waals surface area contributed by atoms with Crippen LogP contribution >= 0.6 is 11.6 Å². The second-order valence-electron chi connectivity index (χ2n) is 6.87. The fourth-order valence-electron chi connectivity index (χ4n) is 3.08. The summed E-state index contributed by atoms with van der Waals surface area (Å²) in [6.45, 7) is 5.32. The van der Waals surface area contributed by atoms with Crippen molar-refractivity contribution in [3.05, 3.63) is 29.0 Å². The molecule has 1 aromatic carbocycles. The van der Waals surface area contributed by atoms with Gasteiger partial charge in [-0.1, -0.05) is 25.4 Å². The molecule has 1 aromatic rings. The van der Waals surface area contributed by atoms with Gasteiger partial charge in [-0.3, -0.25) is 4.79 Å². The molecule has 0 aliphatic carbocycles. The Morgan fingerprint density at radius 3 is 2.48 bits per heavy atom. The van der Waals surface area contributed by atoms with Crippen LogP contribution in [0.25, 0.3) is 0 Å². The number of carbonyl (C=O) groups is 1. The van der Waals surface area contributed by atoms with Gasteiger partial charge >= 0.3 is 0 Å². The molecule has 0 radical (unpaired) electrons. The summed E-state index contributed by atoms with van der Waals surface area (Å²) in [5, 5.41) is -0.221. The molecule has 5 nitrogen and oxygen atoms in total. The average molecular weight is 391 g/mol. The molecule has 1 aliphatic rings. The number of piperidine rings is 1.